The number of aryl methyl sites for hydroxylation is 1. The highest BCUT2D eigenvalue weighted by atomic mass is 35.5. The average Bonchev–Trinajstić information content (AvgIpc) is 3.67. The van der Waals surface area contributed by atoms with Crippen LogP contribution in [0.4, 0.5) is 4.39 Å². The number of hydrogen-bond donors (Lipinski definition) is 1. The number of likely N-dealkylation sites (tertiary alicyclic amines) is 1. The van der Waals surface area contributed by atoms with E-state index in [1.165, 1.54) is 11.8 Å². The lowest BCUT2D eigenvalue weighted by molar-refractivity contribution is -0.138. The molecule has 1 N–H and O–H groups in total. The molecule has 6 atom stereocenters. The number of piperidine rings is 1. The van der Waals surface area contributed by atoms with Crippen LogP contribution in [-0.4, -0.2) is 45.2 Å². The van der Waals surface area contributed by atoms with Crippen molar-refractivity contribution in [3.05, 3.63) is 57.5 Å². The first-order chi connectivity index (χ1) is 22.2. The summed E-state index contributed by atoms with van der Waals surface area (Å²) in [6.45, 7) is 3.08. The van der Waals surface area contributed by atoms with E-state index in [-0.39, 0.29) is 28.9 Å². The number of nitrogens with one attached hydrogen (secondary N) is 1. The van der Waals surface area contributed by atoms with Crippen molar-refractivity contribution < 1.29 is 9.18 Å². The van der Waals surface area contributed by atoms with Crippen molar-refractivity contribution in [2.75, 3.05) is 12.8 Å². The largest absolute Gasteiger partial charge is 0.337 e. The van der Waals surface area contributed by atoms with Crippen molar-refractivity contribution in [2.45, 2.75) is 81.1 Å². The molecule has 236 valence electrons. The van der Waals surface area contributed by atoms with E-state index in [9.17, 15) is 10.1 Å². The molecule has 2 bridgehead atoms. The molecule has 0 radical (unpaired) electrons. The zero-order chi connectivity index (χ0) is 31.6. The summed E-state index contributed by atoms with van der Waals surface area (Å²) in [6.07, 6.45) is 7.69. The maximum Gasteiger partial charge on any atom is 0.229 e. The molecule has 3 aliphatic heterocycles. The van der Waals surface area contributed by atoms with Crippen LogP contribution in [0.2, 0.25) is 10.0 Å². The van der Waals surface area contributed by atoms with Gasteiger partial charge in [0.15, 0.2) is 5.82 Å². The SMILES string of the molecule is CSc1nc2c(F)c(-c3cccc(Cl)c3Cl)c(CCC#N)cc2c2c1cc([C@H]1C[C@H]3C[C@H]3N1C(=O)C1(C)CC1)n2[C@H]1[C@H]2CN[C@@H]1C2. The fourth-order valence-corrected chi connectivity index (χ4v) is 9.75. The van der Waals surface area contributed by atoms with Gasteiger partial charge >= 0.3 is 0 Å². The lowest BCUT2D eigenvalue weighted by Gasteiger charge is -2.40. The lowest BCUT2D eigenvalue weighted by atomic mass is 9.79. The fourth-order valence-electron chi connectivity index (χ4n) is 8.80. The van der Waals surface area contributed by atoms with Gasteiger partial charge in [0, 0.05) is 58.1 Å². The predicted octanol–water partition coefficient (Wildman–Crippen LogP) is 8.48. The minimum atomic E-state index is -0.448. The molecule has 10 rings (SSSR count). The highest BCUT2D eigenvalue weighted by Crippen LogP contribution is 2.60. The molecular weight excluding hydrogens is 640 g/mol. The summed E-state index contributed by atoms with van der Waals surface area (Å²) in [5.74, 6) is 0.883. The molecule has 10 heteroatoms. The van der Waals surface area contributed by atoms with Gasteiger partial charge < -0.3 is 14.8 Å². The molecule has 3 saturated carbocycles. The van der Waals surface area contributed by atoms with E-state index in [2.05, 4.69) is 33.8 Å². The van der Waals surface area contributed by atoms with Crippen molar-refractivity contribution in [2.24, 2.45) is 17.3 Å². The highest BCUT2D eigenvalue weighted by molar-refractivity contribution is 7.98. The van der Waals surface area contributed by atoms with Crippen molar-refractivity contribution in [3.63, 3.8) is 0 Å². The summed E-state index contributed by atoms with van der Waals surface area (Å²) in [4.78, 5) is 21.2. The third kappa shape index (κ3) is 4.11. The molecule has 0 unspecified atom stereocenters. The Morgan fingerprint density at radius 3 is 2.72 bits per heavy atom. The second-order valence-corrected chi connectivity index (χ2v) is 15.9. The number of nitriles is 1. The number of carbonyl (C=O) groups is 1. The minimum absolute atomic E-state index is 0.00159. The topological polar surface area (TPSA) is 74.0 Å². The summed E-state index contributed by atoms with van der Waals surface area (Å²) in [7, 11) is 0. The van der Waals surface area contributed by atoms with Gasteiger partial charge in [0.2, 0.25) is 5.91 Å². The summed E-state index contributed by atoms with van der Waals surface area (Å²) >= 11 is 14.6. The van der Waals surface area contributed by atoms with Gasteiger partial charge in [0.25, 0.3) is 0 Å². The Morgan fingerprint density at radius 2 is 2.02 bits per heavy atom. The van der Waals surface area contributed by atoms with E-state index in [1.54, 1.807) is 18.2 Å². The van der Waals surface area contributed by atoms with Gasteiger partial charge in [-0.15, -0.1) is 11.8 Å². The molecule has 0 spiro atoms. The first-order valence-electron chi connectivity index (χ1n) is 16.4. The molecule has 46 heavy (non-hydrogen) atoms. The van der Waals surface area contributed by atoms with Gasteiger partial charge in [0.05, 0.1) is 33.7 Å². The van der Waals surface area contributed by atoms with Crippen LogP contribution in [0.15, 0.2) is 35.4 Å². The zero-order valence-corrected chi connectivity index (χ0v) is 28.1. The number of nitrogens with zero attached hydrogens (tertiary/aromatic N) is 4. The van der Waals surface area contributed by atoms with E-state index < -0.39 is 5.82 Å². The van der Waals surface area contributed by atoms with Crippen LogP contribution >= 0.6 is 35.0 Å². The maximum absolute atomic E-state index is 17.1. The summed E-state index contributed by atoms with van der Waals surface area (Å²) in [6, 6.07) is 12.7. The Morgan fingerprint density at radius 1 is 1.20 bits per heavy atom. The second kappa shape index (κ2) is 10.3. The van der Waals surface area contributed by atoms with Crippen LogP contribution in [0.5, 0.6) is 0 Å². The van der Waals surface area contributed by atoms with Crippen LogP contribution in [0, 0.1) is 34.4 Å². The molecule has 3 saturated heterocycles. The molecule has 2 aromatic heterocycles. The number of pyridine rings is 1. The minimum Gasteiger partial charge on any atom is -0.337 e. The number of fused-ring (bicyclic) bond motifs is 5. The maximum atomic E-state index is 17.1. The Kier molecular flexibility index (Phi) is 6.59. The van der Waals surface area contributed by atoms with Crippen molar-refractivity contribution in [1.82, 2.24) is 19.8 Å². The lowest BCUT2D eigenvalue weighted by Crippen LogP contribution is -2.42. The van der Waals surface area contributed by atoms with Gasteiger partial charge in [-0.25, -0.2) is 9.37 Å². The summed E-state index contributed by atoms with van der Waals surface area (Å²) < 4.78 is 19.6. The first kappa shape index (κ1) is 29.3. The molecule has 5 heterocycles. The molecule has 6 fully saturated rings. The molecule has 6 aliphatic rings. The average molecular weight is 675 g/mol. The van der Waals surface area contributed by atoms with Crippen molar-refractivity contribution in [3.8, 4) is 17.2 Å². The Labute approximate surface area is 281 Å². The van der Waals surface area contributed by atoms with E-state index in [1.807, 2.05) is 12.3 Å². The number of carbonyl (C=O) groups excluding carboxylic acids is 1. The zero-order valence-electron chi connectivity index (χ0n) is 25.7. The number of benzene rings is 2. The quantitative estimate of drug-likeness (QED) is 0.199. The highest BCUT2D eigenvalue weighted by Gasteiger charge is 2.60. The van der Waals surface area contributed by atoms with E-state index in [0.717, 1.165) is 65.7 Å². The number of halogens is 3. The smallest absolute Gasteiger partial charge is 0.229 e. The third-order valence-electron chi connectivity index (χ3n) is 11.6. The number of aromatic nitrogens is 2. The van der Waals surface area contributed by atoms with Crippen LogP contribution in [0.25, 0.3) is 32.9 Å². The van der Waals surface area contributed by atoms with E-state index in [0.29, 0.717) is 63.5 Å². The first-order valence-corrected chi connectivity index (χ1v) is 18.3. The molecule has 6 nitrogen and oxygen atoms in total. The third-order valence-corrected chi connectivity index (χ3v) is 13.1. The normalized spacial score (nSPS) is 28.4. The second-order valence-electron chi connectivity index (χ2n) is 14.3. The van der Waals surface area contributed by atoms with E-state index >= 15 is 4.39 Å². The molecule has 2 aromatic carbocycles. The monoisotopic (exact) mass is 673 g/mol. The van der Waals surface area contributed by atoms with Gasteiger partial charge in [-0.1, -0.05) is 42.3 Å². The van der Waals surface area contributed by atoms with Crippen molar-refractivity contribution >= 4 is 62.7 Å². The molecule has 3 aliphatic carbocycles. The number of rotatable bonds is 7. The van der Waals surface area contributed by atoms with Gasteiger partial charge in [0.1, 0.15) is 10.5 Å². The van der Waals surface area contributed by atoms with Crippen LogP contribution in [-0.2, 0) is 11.2 Å². The number of hydrogen-bond acceptors (Lipinski definition) is 5. The Bertz CT molecular complexity index is 2020. The Balaban J connectivity index is 1.33. The number of amides is 1. The fraction of sp³-hybridized carbons (Fsp3) is 0.472. The van der Waals surface area contributed by atoms with Crippen LogP contribution < -0.4 is 5.32 Å². The van der Waals surface area contributed by atoms with Gasteiger partial charge in [-0.2, -0.15) is 5.26 Å². The summed E-state index contributed by atoms with van der Waals surface area (Å²) in [5, 5.41) is 16.4. The van der Waals surface area contributed by atoms with Gasteiger partial charge in [-0.05, 0) is 80.4 Å². The molecular formula is C36H34Cl2FN5OS. The predicted molar refractivity (Wildman–Crippen MR) is 181 cm³/mol. The van der Waals surface area contributed by atoms with Crippen molar-refractivity contribution in [1.29, 1.82) is 5.26 Å². The Hall–Kier alpha value is -2.83. The van der Waals surface area contributed by atoms with Crippen LogP contribution in [0.3, 0.4) is 0 Å². The van der Waals surface area contributed by atoms with E-state index in [4.69, 9.17) is 28.2 Å². The molecule has 4 aromatic rings. The summed E-state index contributed by atoms with van der Waals surface area (Å²) in [5.41, 5.74) is 3.76. The standard InChI is InChI=1S/C36H34Cl2FN5OS/c1-36(8-9-36)35(45)43-25-13-18(25)14-26(43)27-15-22-33(44(27)32-19-12-24(32)41-16-19)21-11-17(5-4-10-40)28(20-6-3-7-23(37)29(20)38)30(39)31(21)42-34(22)46-2/h3,6-7,11,15,18-19,24-26,32,41H,4-5,8-9,12-14,16H2,1-2H3/t18-,19-,24-,25-,26-,32+/m1/s1. The number of thioether (sulfide) groups is 1. The van der Waals surface area contributed by atoms with Gasteiger partial charge in [-0.3, -0.25) is 4.79 Å². The van der Waals surface area contributed by atoms with Crippen LogP contribution in [0.1, 0.15) is 68.8 Å². The molecule has 1 amide bonds.